The molecule has 3 aliphatic rings. The number of amides is 2. The number of anilines is 2. The number of methoxy groups -OCH3 is 2. The van der Waals surface area contributed by atoms with Gasteiger partial charge in [0, 0.05) is 11.4 Å². The fourth-order valence-electron chi connectivity index (χ4n) is 4.68. The van der Waals surface area contributed by atoms with Crippen LogP contribution in [0, 0.1) is 11.8 Å². The van der Waals surface area contributed by atoms with E-state index < -0.39 is 23.5 Å². The zero-order valence-electron chi connectivity index (χ0n) is 16.7. The molecule has 154 valence electrons. The molecule has 0 radical (unpaired) electrons. The molecule has 3 heterocycles. The van der Waals surface area contributed by atoms with Crippen molar-refractivity contribution >= 4 is 23.2 Å². The van der Waals surface area contributed by atoms with E-state index in [4.69, 9.17) is 14.2 Å². The topological polar surface area (TPSA) is 77.1 Å². The zero-order chi connectivity index (χ0) is 20.9. The van der Waals surface area contributed by atoms with Crippen molar-refractivity contribution in [1.29, 1.82) is 0 Å². The normalized spacial score (nSPS) is 28.5. The maximum Gasteiger partial charge on any atom is 0.234 e. The number of hydrogen-bond acceptors (Lipinski definition) is 5. The summed E-state index contributed by atoms with van der Waals surface area (Å²) in [6.45, 7) is 0.391. The molecule has 7 heteroatoms. The number of nitrogens with zero attached hydrogens (tertiary/aromatic N) is 1. The van der Waals surface area contributed by atoms with E-state index in [9.17, 15) is 9.59 Å². The molecule has 0 aliphatic carbocycles. The molecule has 0 aromatic heterocycles. The number of hydrogen-bond donors (Lipinski definition) is 1. The minimum atomic E-state index is -0.760. The van der Waals surface area contributed by atoms with E-state index in [1.54, 1.807) is 43.4 Å². The fraction of sp³-hybridized carbons (Fsp3) is 0.304. The lowest BCUT2D eigenvalue weighted by Gasteiger charge is -2.23. The highest BCUT2D eigenvalue weighted by molar-refractivity contribution is 6.05. The molecule has 5 rings (SSSR count). The molecule has 3 aliphatic heterocycles. The van der Waals surface area contributed by atoms with Gasteiger partial charge < -0.3 is 24.4 Å². The van der Waals surface area contributed by atoms with E-state index in [2.05, 4.69) is 5.32 Å². The Balaban J connectivity index is 1.39. The Kier molecular flexibility index (Phi) is 4.29. The molecule has 7 nitrogen and oxygen atoms in total. The molecule has 4 atom stereocenters. The maximum atomic E-state index is 13.4. The number of benzene rings is 2. The van der Waals surface area contributed by atoms with Crippen LogP contribution in [-0.4, -0.2) is 44.3 Å². The molecule has 0 saturated carbocycles. The Morgan fingerprint density at radius 2 is 1.70 bits per heavy atom. The predicted octanol–water partition coefficient (Wildman–Crippen LogP) is 2.63. The van der Waals surface area contributed by atoms with Crippen LogP contribution in [0.3, 0.4) is 0 Å². The number of ether oxygens (including phenoxy) is 3. The first-order chi connectivity index (χ1) is 14.5. The van der Waals surface area contributed by atoms with Crippen molar-refractivity contribution in [1.82, 2.24) is 0 Å². The second kappa shape index (κ2) is 6.88. The van der Waals surface area contributed by atoms with Crippen molar-refractivity contribution in [3.05, 3.63) is 60.7 Å². The summed E-state index contributed by atoms with van der Waals surface area (Å²) in [7, 11) is 3.19. The molecule has 2 aromatic carbocycles. The van der Waals surface area contributed by atoms with Crippen LogP contribution >= 0.6 is 0 Å². The van der Waals surface area contributed by atoms with Crippen LogP contribution in [0.1, 0.15) is 0 Å². The fourth-order valence-corrected chi connectivity index (χ4v) is 4.68. The minimum Gasteiger partial charge on any atom is -0.497 e. The molecular formula is C23H22N2O5. The van der Waals surface area contributed by atoms with Gasteiger partial charge in [0.25, 0.3) is 0 Å². The summed E-state index contributed by atoms with van der Waals surface area (Å²) in [5.41, 5.74) is 0.655. The monoisotopic (exact) mass is 406 g/mol. The largest absolute Gasteiger partial charge is 0.497 e. The molecule has 0 unspecified atom stereocenters. The van der Waals surface area contributed by atoms with Gasteiger partial charge in [-0.05, 0) is 48.5 Å². The Labute approximate surface area is 174 Å². The third-order valence-electron chi connectivity index (χ3n) is 6.14. The standard InChI is InChI=1S/C23H22N2O5/c1-28-16-7-3-14(4-8-16)24-21(26)19-18-11-12-23(30-18)13-25(22(27)20(19)23)15-5-9-17(29-2)10-6-15/h3-12,18-20H,13H2,1-2H3,(H,24,26)/t18-,19-,20+,23-/m1/s1. The third kappa shape index (κ3) is 2.77. The van der Waals surface area contributed by atoms with E-state index in [1.807, 2.05) is 36.4 Å². The zero-order valence-corrected chi connectivity index (χ0v) is 16.7. The van der Waals surface area contributed by atoms with Crippen molar-refractivity contribution in [2.75, 3.05) is 31.0 Å². The molecule has 2 saturated heterocycles. The highest BCUT2D eigenvalue weighted by Crippen LogP contribution is 2.52. The molecule has 1 spiro atoms. The van der Waals surface area contributed by atoms with Gasteiger partial charge in [0.1, 0.15) is 17.1 Å². The van der Waals surface area contributed by atoms with E-state index >= 15 is 0 Å². The Morgan fingerprint density at radius 1 is 1.07 bits per heavy atom. The van der Waals surface area contributed by atoms with Crippen LogP contribution in [0.4, 0.5) is 11.4 Å². The van der Waals surface area contributed by atoms with Crippen LogP contribution in [0.2, 0.25) is 0 Å². The highest BCUT2D eigenvalue weighted by Gasteiger charge is 2.67. The smallest absolute Gasteiger partial charge is 0.234 e. The lowest BCUT2D eigenvalue weighted by molar-refractivity contribution is -0.128. The first-order valence-corrected chi connectivity index (χ1v) is 9.82. The molecule has 2 fully saturated rings. The molecule has 2 amide bonds. The minimum absolute atomic E-state index is 0.0955. The lowest BCUT2D eigenvalue weighted by atomic mass is 9.77. The van der Waals surface area contributed by atoms with E-state index in [0.717, 1.165) is 11.4 Å². The molecule has 1 N–H and O–H groups in total. The second-order valence-electron chi connectivity index (χ2n) is 7.74. The number of carbonyl (C=O) groups is 2. The van der Waals surface area contributed by atoms with Gasteiger partial charge in [-0.15, -0.1) is 0 Å². The quantitative estimate of drug-likeness (QED) is 0.773. The summed E-state index contributed by atoms with van der Waals surface area (Å²) in [6, 6.07) is 14.4. The summed E-state index contributed by atoms with van der Waals surface area (Å²) in [5.74, 6) is -0.00857. The van der Waals surface area contributed by atoms with Crippen molar-refractivity contribution in [3.63, 3.8) is 0 Å². The van der Waals surface area contributed by atoms with Gasteiger partial charge in [-0.2, -0.15) is 0 Å². The number of fused-ring (bicyclic) bond motifs is 1. The average molecular weight is 406 g/mol. The second-order valence-corrected chi connectivity index (χ2v) is 7.74. The summed E-state index contributed by atoms with van der Waals surface area (Å²) >= 11 is 0. The lowest BCUT2D eigenvalue weighted by Crippen LogP contribution is -2.41. The van der Waals surface area contributed by atoms with Gasteiger partial charge in [0.05, 0.1) is 38.7 Å². The van der Waals surface area contributed by atoms with Crippen LogP contribution in [0.25, 0.3) is 0 Å². The van der Waals surface area contributed by atoms with Gasteiger partial charge in [-0.3, -0.25) is 9.59 Å². The van der Waals surface area contributed by atoms with Crippen molar-refractivity contribution in [2.45, 2.75) is 11.7 Å². The number of carbonyl (C=O) groups excluding carboxylic acids is 2. The van der Waals surface area contributed by atoms with Gasteiger partial charge in [0.2, 0.25) is 11.8 Å². The highest BCUT2D eigenvalue weighted by atomic mass is 16.5. The Morgan fingerprint density at radius 3 is 2.33 bits per heavy atom. The predicted molar refractivity (Wildman–Crippen MR) is 111 cm³/mol. The summed E-state index contributed by atoms with van der Waals surface area (Å²) < 4.78 is 16.5. The van der Waals surface area contributed by atoms with Crippen molar-refractivity contribution in [3.8, 4) is 11.5 Å². The first kappa shape index (κ1) is 18.7. The maximum absolute atomic E-state index is 13.4. The van der Waals surface area contributed by atoms with Gasteiger partial charge in [-0.25, -0.2) is 0 Å². The van der Waals surface area contributed by atoms with Crippen molar-refractivity contribution < 1.29 is 23.8 Å². The molecule has 30 heavy (non-hydrogen) atoms. The summed E-state index contributed by atoms with van der Waals surface area (Å²) in [6.07, 6.45) is 3.45. The first-order valence-electron chi connectivity index (χ1n) is 9.82. The van der Waals surface area contributed by atoms with Crippen LogP contribution in [0.15, 0.2) is 60.7 Å². The summed E-state index contributed by atoms with van der Waals surface area (Å²) in [5, 5.41) is 2.92. The van der Waals surface area contributed by atoms with E-state index in [1.165, 1.54) is 0 Å². The molecule has 2 bridgehead atoms. The SMILES string of the molecule is COc1ccc(NC(=O)[C@H]2[C@H]3C(=O)N(c4ccc(OC)cc4)C[C@]34C=C[C@H]2O4)cc1. The molecule has 2 aromatic rings. The van der Waals surface area contributed by atoms with E-state index in [-0.39, 0.29) is 11.8 Å². The van der Waals surface area contributed by atoms with Gasteiger partial charge in [-0.1, -0.05) is 12.2 Å². The third-order valence-corrected chi connectivity index (χ3v) is 6.14. The van der Waals surface area contributed by atoms with E-state index in [0.29, 0.717) is 18.0 Å². The average Bonchev–Trinajstić information content (AvgIpc) is 3.42. The van der Waals surface area contributed by atoms with Crippen LogP contribution in [0.5, 0.6) is 11.5 Å². The van der Waals surface area contributed by atoms with Crippen LogP contribution < -0.4 is 19.7 Å². The number of rotatable bonds is 5. The molecular weight excluding hydrogens is 384 g/mol. The summed E-state index contributed by atoms with van der Waals surface area (Å²) in [4.78, 5) is 28.2. The van der Waals surface area contributed by atoms with Gasteiger partial charge >= 0.3 is 0 Å². The van der Waals surface area contributed by atoms with Crippen molar-refractivity contribution in [2.24, 2.45) is 11.8 Å². The Bertz CT molecular complexity index is 1020. The van der Waals surface area contributed by atoms with Crippen LogP contribution in [-0.2, 0) is 14.3 Å². The van der Waals surface area contributed by atoms with Gasteiger partial charge in [0.15, 0.2) is 0 Å². The Hall–Kier alpha value is -3.32. The number of nitrogens with one attached hydrogen (secondary N) is 1.